The van der Waals surface area contributed by atoms with E-state index in [1.165, 1.54) is 35.5 Å². The molecular formula is C19H22Na2O9P. The van der Waals surface area contributed by atoms with Crippen LogP contribution in [0.25, 0.3) is 12.2 Å². The van der Waals surface area contributed by atoms with Gasteiger partial charge >= 0.3 is 37.4 Å². The first kappa shape index (κ1) is 30.1. The van der Waals surface area contributed by atoms with Gasteiger partial charge in [0.15, 0.2) is 23.0 Å². The Balaban J connectivity index is 0.00000450. The van der Waals surface area contributed by atoms with Gasteiger partial charge in [0.2, 0.25) is 11.5 Å². The average molecular weight is 471 g/mol. The molecule has 0 aromatic heterocycles. The van der Waals surface area contributed by atoms with Crippen molar-refractivity contribution in [1.29, 1.82) is 0 Å². The van der Waals surface area contributed by atoms with Crippen molar-refractivity contribution in [2.24, 2.45) is 0 Å². The minimum atomic E-state index is -5.09. The van der Waals surface area contributed by atoms with Crippen LogP contribution in [0.2, 0.25) is 0 Å². The molecule has 0 saturated heterocycles. The molecule has 0 aliphatic rings. The maximum absolute atomic E-state index is 11.3. The van der Waals surface area contributed by atoms with Crippen LogP contribution in [0.5, 0.6) is 34.5 Å². The summed E-state index contributed by atoms with van der Waals surface area (Å²) in [6.07, 6.45) is 3.25. The Bertz CT molecular complexity index is 919. The molecule has 0 heterocycles. The minimum Gasteiger partial charge on any atom is -0.746 e. The zero-order chi connectivity index (χ0) is 21.6. The molecule has 9 nitrogen and oxygen atoms in total. The SMILES string of the molecule is COc1cc(/C=C\c2ccc(OC)c(OC)c2OP(=O)([O-])O)cc(OC)c1OC.[Na+].[Na]. The Morgan fingerprint density at radius 1 is 0.806 bits per heavy atom. The monoisotopic (exact) mass is 471 g/mol. The number of methoxy groups -OCH3 is 5. The molecule has 0 amide bonds. The van der Waals surface area contributed by atoms with Crippen LogP contribution in [0.1, 0.15) is 11.1 Å². The predicted molar refractivity (Wildman–Crippen MR) is 111 cm³/mol. The Labute approximate surface area is 225 Å². The second-order valence-corrected chi connectivity index (χ2v) is 6.69. The summed E-state index contributed by atoms with van der Waals surface area (Å²) in [5, 5.41) is 0. The molecule has 31 heavy (non-hydrogen) atoms. The molecule has 1 atom stereocenters. The van der Waals surface area contributed by atoms with E-state index in [9.17, 15) is 9.46 Å². The second kappa shape index (κ2) is 13.6. The van der Waals surface area contributed by atoms with Gasteiger partial charge in [0, 0.05) is 35.1 Å². The van der Waals surface area contributed by atoms with Gasteiger partial charge in [-0.25, -0.2) is 0 Å². The number of rotatable bonds is 9. The van der Waals surface area contributed by atoms with E-state index in [1.54, 1.807) is 36.4 Å². The first-order chi connectivity index (χ1) is 13.8. The molecular weight excluding hydrogens is 449 g/mol. The van der Waals surface area contributed by atoms with Gasteiger partial charge in [0.25, 0.3) is 0 Å². The number of hydrogen-bond acceptors (Lipinski definition) is 8. The summed E-state index contributed by atoms with van der Waals surface area (Å²) < 4.78 is 42.3. The summed E-state index contributed by atoms with van der Waals surface area (Å²) in [7, 11) is 2.12. The number of ether oxygens (including phenoxy) is 5. The predicted octanol–water partition coefficient (Wildman–Crippen LogP) is -0.637. The molecule has 12 heteroatoms. The number of phosphoric acid groups is 1. The van der Waals surface area contributed by atoms with Crippen molar-refractivity contribution < 1.29 is 72.1 Å². The molecule has 0 fully saturated rings. The van der Waals surface area contributed by atoms with Crippen molar-refractivity contribution in [2.45, 2.75) is 0 Å². The maximum Gasteiger partial charge on any atom is 1.00 e. The zero-order valence-corrected chi connectivity index (χ0v) is 23.5. The Morgan fingerprint density at radius 2 is 1.32 bits per heavy atom. The molecule has 1 unspecified atom stereocenters. The van der Waals surface area contributed by atoms with Gasteiger partial charge in [-0.15, -0.1) is 0 Å². The second-order valence-electron chi connectivity index (χ2n) is 5.57. The molecule has 2 aromatic carbocycles. The average Bonchev–Trinajstić information content (AvgIpc) is 2.70. The fourth-order valence-electron chi connectivity index (χ4n) is 2.64. The largest absolute Gasteiger partial charge is 1.00 e. The van der Waals surface area contributed by atoms with Gasteiger partial charge in [-0.2, -0.15) is 0 Å². The van der Waals surface area contributed by atoms with E-state index >= 15 is 0 Å². The molecule has 1 radical (unpaired) electrons. The van der Waals surface area contributed by atoms with Gasteiger partial charge in [-0.05, 0) is 29.8 Å². The van der Waals surface area contributed by atoms with E-state index in [4.69, 9.17) is 33.1 Å². The quantitative estimate of drug-likeness (QED) is 0.290. The Kier molecular flexibility index (Phi) is 13.2. The summed E-state index contributed by atoms with van der Waals surface area (Å²) in [6.45, 7) is 0. The molecule has 0 aliphatic carbocycles. The Morgan fingerprint density at radius 3 is 1.74 bits per heavy atom. The molecule has 2 rings (SSSR count). The fraction of sp³-hybridized carbons (Fsp3) is 0.263. The number of benzene rings is 2. The molecule has 0 saturated carbocycles. The Hall–Kier alpha value is -0.870. The normalized spacial score (nSPS) is 12.1. The van der Waals surface area contributed by atoms with Crippen LogP contribution in [-0.4, -0.2) is 70.0 Å². The molecule has 159 valence electrons. The standard InChI is InChI=1S/C19H23O9P.2Na/c1-23-14-9-8-13(17(19(14)27-5)28-29(20,21)22)7-6-12-10-15(24-2)18(26-4)16(11-12)25-3;;/h6-11H,1-5H3,(H2,20,21,22);;/q;;+1/p-1/b7-6-;;. The van der Waals surface area contributed by atoms with Crippen LogP contribution in [0.4, 0.5) is 0 Å². The van der Waals surface area contributed by atoms with Gasteiger partial charge in [0.1, 0.15) is 0 Å². The van der Waals surface area contributed by atoms with Crippen molar-refractivity contribution in [3.8, 4) is 34.5 Å². The van der Waals surface area contributed by atoms with Crippen LogP contribution in [0.15, 0.2) is 24.3 Å². The zero-order valence-electron chi connectivity index (χ0n) is 18.6. The first-order valence-electron chi connectivity index (χ1n) is 8.24. The van der Waals surface area contributed by atoms with Crippen LogP contribution in [0.3, 0.4) is 0 Å². The molecule has 1 N–H and O–H groups in total. The first-order valence-corrected chi connectivity index (χ1v) is 9.74. The van der Waals surface area contributed by atoms with Crippen molar-refractivity contribution in [3.05, 3.63) is 35.4 Å². The van der Waals surface area contributed by atoms with Crippen LogP contribution < -0.4 is 62.7 Å². The molecule has 0 bridgehead atoms. The third kappa shape index (κ3) is 7.89. The number of phosphoric ester groups is 1. The van der Waals surface area contributed by atoms with Crippen molar-refractivity contribution in [1.82, 2.24) is 0 Å². The van der Waals surface area contributed by atoms with Crippen LogP contribution in [0, 0.1) is 0 Å². The molecule has 0 spiro atoms. The van der Waals surface area contributed by atoms with E-state index < -0.39 is 7.82 Å². The van der Waals surface area contributed by atoms with E-state index in [-0.39, 0.29) is 76.4 Å². The van der Waals surface area contributed by atoms with Gasteiger partial charge in [-0.3, -0.25) is 4.57 Å². The van der Waals surface area contributed by atoms with E-state index in [1.807, 2.05) is 0 Å². The van der Waals surface area contributed by atoms with E-state index in [2.05, 4.69) is 0 Å². The molecule has 2 aromatic rings. The van der Waals surface area contributed by atoms with Gasteiger partial charge < -0.3 is 38.0 Å². The third-order valence-corrected chi connectivity index (χ3v) is 4.29. The molecule has 0 aliphatic heterocycles. The number of hydrogen-bond donors (Lipinski definition) is 1. The summed E-state index contributed by atoms with van der Waals surface area (Å²) in [5.74, 6) is 1.39. The van der Waals surface area contributed by atoms with E-state index in [0.717, 1.165) is 0 Å². The maximum atomic E-state index is 11.3. The topological polar surface area (TPSA) is 116 Å². The van der Waals surface area contributed by atoms with Crippen molar-refractivity contribution >= 4 is 49.5 Å². The summed E-state index contributed by atoms with van der Waals surface area (Å²) >= 11 is 0. The minimum absolute atomic E-state index is 0. The van der Waals surface area contributed by atoms with Gasteiger partial charge in [-0.1, -0.05) is 12.2 Å². The van der Waals surface area contributed by atoms with E-state index in [0.29, 0.717) is 28.4 Å². The van der Waals surface area contributed by atoms with Crippen LogP contribution >= 0.6 is 7.82 Å². The van der Waals surface area contributed by atoms with Crippen molar-refractivity contribution in [3.63, 3.8) is 0 Å². The van der Waals surface area contributed by atoms with Crippen LogP contribution in [-0.2, 0) is 4.57 Å². The summed E-state index contributed by atoms with van der Waals surface area (Å²) in [5.41, 5.74) is 0.996. The fourth-order valence-corrected chi connectivity index (χ4v) is 3.06. The third-order valence-electron chi connectivity index (χ3n) is 3.88. The smallest absolute Gasteiger partial charge is 0.746 e. The van der Waals surface area contributed by atoms with Gasteiger partial charge in [0.05, 0.1) is 35.5 Å². The van der Waals surface area contributed by atoms with Crippen molar-refractivity contribution in [2.75, 3.05) is 35.5 Å². The summed E-state index contributed by atoms with van der Waals surface area (Å²) in [6, 6.07) is 6.56. The summed E-state index contributed by atoms with van der Waals surface area (Å²) in [4.78, 5) is 20.5.